The maximum absolute atomic E-state index is 12.5. The van der Waals surface area contributed by atoms with Crippen LogP contribution in [0.25, 0.3) is 10.7 Å². The Balaban J connectivity index is 0.00000144. The van der Waals surface area contributed by atoms with Crippen LogP contribution in [0.3, 0.4) is 0 Å². The highest BCUT2D eigenvalue weighted by Gasteiger charge is 2.39. The fourth-order valence-corrected chi connectivity index (χ4v) is 3.10. The highest BCUT2D eigenvalue weighted by molar-refractivity contribution is 7.18. The SMILES string of the molecule is Cl.Cl.NCC1(C(=O)Nc2nnc(-c3ccccn3)s2)CCOCC1. The average Bonchev–Trinajstić information content (AvgIpc) is 3.05. The standard InChI is InChI=1S/C14H17N5O2S.2ClH/c15-9-14(4-7-21-8-5-14)12(20)17-13-19-18-11(22-13)10-3-1-2-6-16-10;;/h1-3,6H,4-5,7-9,15H2,(H,17,19,20);2*1H. The molecule has 0 aromatic carbocycles. The molecule has 132 valence electrons. The lowest BCUT2D eigenvalue weighted by molar-refractivity contribution is -0.130. The van der Waals surface area contributed by atoms with Crippen LogP contribution in [0.2, 0.25) is 0 Å². The Morgan fingerprint density at radius 3 is 2.67 bits per heavy atom. The number of halogens is 2. The number of amides is 1. The molecule has 7 nitrogen and oxygen atoms in total. The largest absolute Gasteiger partial charge is 0.381 e. The molecule has 0 bridgehead atoms. The summed E-state index contributed by atoms with van der Waals surface area (Å²) in [5, 5.41) is 12.1. The fraction of sp³-hybridized carbons (Fsp3) is 0.429. The Hall–Kier alpha value is -1.32. The molecule has 1 saturated heterocycles. The summed E-state index contributed by atoms with van der Waals surface area (Å²) < 4.78 is 5.32. The first-order chi connectivity index (χ1) is 10.7. The van der Waals surface area contributed by atoms with Crippen molar-refractivity contribution in [3.05, 3.63) is 24.4 Å². The maximum atomic E-state index is 12.5. The highest BCUT2D eigenvalue weighted by atomic mass is 35.5. The lowest BCUT2D eigenvalue weighted by atomic mass is 9.79. The third-order valence-electron chi connectivity index (χ3n) is 3.85. The minimum atomic E-state index is -0.574. The molecule has 0 spiro atoms. The number of nitrogens with two attached hydrogens (primary N) is 1. The van der Waals surface area contributed by atoms with Gasteiger partial charge in [0, 0.05) is 26.0 Å². The number of carbonyl (C=O) groups excluding carboxylic acids is 1. The van der Waals surface area contributed by atoms with E-state index >= 15 is 0 Å². The summed E-state index contributed by atoms with van der Waals surface area (Å²) in [6.07, 6.45) is 2.95. The average molecular weight is 392 g/mol. The quantitative estimate of drug-likeness (QED) is 0.827. The lowest BCUT2D eigenvalue weighted by Gasteiger charge is -2.34. The Kier molecular flexibility index (Phi) is 7.98. The van der Waals surface area contributed by atoms with Gasteiger partial charge in [0.25, 0.3) is 0 Å². The van der Waals surface area contributed by atoms with E-state index in [1.165, 1.54) is 11.3 Å². The van der Waals surface area contributed by atoms with Crippen molar-refractivity contribution in [2.75, 3.05) is 25.1 Å². The van der Waals surface area contributed by atoms with Crippen LogP contribution in [0.15, 0.2) is 24.4 Å². The van der Waals surface area contributed by atoms with E-state index in [1.54, 1.807) is 6.20 Å². The number of carbonyl (C=O) groups is 1. The molecule has 10 heteroatoms. The number of ether oxygens (including phenoxy) is 1. The summed E-state index contributed by atoms with van der Waals surface area (Å²) in [4.78, 5) is 16.8. The molecule has 0 unspecified atom stereocenters. The molecule has 1 fully saturated rings. The van der Waals surface area contributed by atoms with Gasteiger partial charge in [0.2, 0.25) is 11.0 Å². The van der Waals surface area contributed by atoms with Gasteiger partial charge in [-0.2, -0.15) is 0 Å². The predicted molar refractivity (Wildman–Crippen MR) is 97.8 cm³/mol. The summed E-state index contributed by atoms with van der Waals surface area (Å²) in [5.74, 6) is -0.109. The molecule has 0 radical (unpaired) electrons. The third-order valence-corrected chi connectivity index (χ3v) is 4.71. The van der Waals surface area contributed by atoms with Crippen LogP contribution in [-0.4, -0.2) is 40.8 Å². The van der Waals surface area contributed by atoms with Gasteiger partial charge in [0.1, 0.15) is 5.69 Å². The molecular formula is C14H19Cl2N5O2S. The van der Waals surface area contributed by atoms with E-state index in [2.05, 4.69) is 20.5 Å². The predicted octanol–water partition coefficient (Wildman–Crippen LogP) is 2.14. The van der Waals surface area contributed by atoms with Gasteiger partial charge >= 0.3 is 0 Å². The summed E-state index contributed by atoms with van der Waals surface area (Å²) in [5.41, 5.74) is 5.99. The number of nitrogens with zero attached hydrogens (tertiary/aromatic N) is 3. The summed E-state index contributed by atoms with van der Waals surface area (Å²) >= 11 is 1.30. The number of hydrogen-bond acceptors (Lipinski definition) is 7. The van der Waals surface area contributed by atoms with E-state index in [1.807, 2.05) is 18.2 Å². The molecule has 3 heterocycles. The molecule has 24 heavy (non-hydrogen) atoms. The molecule has 1 amide bonds. The zero-order chi connectivity index (χ0) is 15.4. The monoisotopic (exact) mass is 391 g/mol. The van der Waals surface area contributed by atoms with Crippen molar-refractivity contribution in [2.45, 2.75) is 12.8 Å². The number of rotatable bonds is 4. The summed E-state index contributed by atoms with van der Waals surface area (Å²) in [6, 6.07) is 5.57. The molecule has 2 aromatic rings. The van der Waals surface area contributed by atoms with Crippen molar-refractivity contribution in [3.8, 4) is 10.7 Å². The summed E-state index contributed by atoms with van der Waals surface area (Å²) in [6.45, 7) is 1.41. The van der Waals surface area contributed by atoms with Crippen LogP contribution in [0, 0.1) is 5.41 Å². The molecule has 0 atom stereocenters. The molecule has 2 aromatic heterocycles. The van der Waals surface area contributed by atoms with Crippen molar-refractivity contribution >= 4 is 47.2 Å². The second-order valence-electron chi connectivity index (χ2n) is 5.18. The first-order valence-electron chi connectivity index (χ1n) is 7.08. The smallest absolute Gasteiger partial charge is 0.233 e. The van der Waals surface area contributed by atoms with Crippen molar-refractivity contribution in [1.29, 1.82) is 0 Å². The van der Waals surface area contributed by atoms with Gasteiger partial charge in [0.15, 0.2) is 5.01 Å². The Morgan fingerprint density at radius 1 is 1.29 bits per heavy atom. The van der Waals surface area contributed by atoms with E-state index < -0.39 is 5.41 Å². The molecule has 0 saturated carbocycles. The second kappa shape index (κ2) is 9.24. The van der Waals surface area contributed by atoms with Gasteiger partial charge in [0.05, 0.1) is 5.41 Å². The van der Waals surface area contributed by atoms with Gasteiger partial charge in [-0.3, -0.25) is 15.1 Å². The van der Waals surface area contributed by atoms with Gasteiger partial charge < -0.3 is 10.5 Å². The van der Waals surface area contributed by atoms with Crippen molar-refractivity contribution in [2.24, 2.45) is 11.1 Å². The molecule has 3 rings (SSSR count). The third kappa shape index (κ3) is 4.40. The lowest BCUT2D eigenvalue weighted by Crippen LogP contribution is -2.46. The van der Waals surface area contributed by atoms with Crippen LogP contribution < -0.4 is 11.1 Å². The van der Waals surface area contributed by atoms with Crippen LogP contribution in [0.1, 0.15) is 12.8 Å². The number of pyridine rings is 1. The first-order valence-corrected chi connectivity index (χ1v) is 7.89. The molecule has 0 aliphatic carbocycles. The van der Waals surface area contributed by atoms with E-state index in [-0.39, 0.29) is 30.7 Å². The Labute approximate surface area is 156 Å². The van der Waals surface area contributed by atoms with Crippen LogP contribution in [0.4, 0.5) is 5.13 Å². The van der Waals surface area contributed by atoms with Crippen molar-refractivity contribution < 1.29 is 9.53 Å². The Morgan fingerprint density at radius 2 is 2.04 bits per heavy atom. The van der Waals surface area contributed by atoms with E-state index in [0.717, 1.165) is 5.69 Å². The van der Waals surface area contributed by atoms with Crippen LogP contribution >= 0.6 is 36.2 Å². The van der Waals surface area contributed by atoms with Crippen molar-refractivity contribution in [1.82, 2.24) is 15.2 Å². The van der Waals surface area contributed by atoms with E-state index in [4.69, 9.17) is 10.5 Å². The normalized spacial score (nSPS) is 15.7. The molecule has 1 aliphatic heterocycles. The number of aromatic nitrogens is 3. The molecule has 3 N–H and O–H groups in total. The fourth-order valence-electron chi connectivity index (χ4n) is 2.38. The highest BCUT2D eigenvalue weighted by Crippen LogP contribution is 2.32. The minimum Gasteiger partial charge on any atom is -0.381 e. The molecular weight excluding hydrogens is 373 g/mol. The van der Waals surface area contributed by atoms with Gasteiger partial charge in [-0.25, -0.2) is 0 Å². The van der Waals surface area contributed by atoms with Gasteiger partial charge in [-0.1, -0.05) is 17.4 Å². The second-order valence-corrected chi connectivity index (χ2v) is 6.16. The molecule has 1 aliphatic rings. The van der Waals surface area contributed by atoms with Crippen molar-refractivity contribution in [3.63, 3.8) is 0 Å². The maximum Gasteiger partial charge on any atom is 0.233 e. The van der Waals surface area contributed by atoms with E-state index in [0.29, 0.717) is 42.7 Å². The number of nitrogens with one attached hydrogen (secondary N) is 1. The Bertz CT molecular complexity index is 650. The first kappa shape index (κ1) is 20.7. The van der Waals surface area contributed by atoms with Gasteiger partial charge in [-0.05, 0) is 25.0 Å². The van der Waals surface area contributed by atoms with Gasteiger partial charge in [-0.15, -0.1) is 35.0 Å². The van der Waals surface area contributed by atoms with E-state index in [9.17, 15) is 4.79 Å². The number of hydrogen-bond donors (Lipinski definition) is 2. The zero-order valence-electron chi connectivity index (χ0n) is 12.8. The van der Waals surface area contributed by atoms with Crippen LogP contribution in [0.5, 0.6) is 0 Å². The van der Waals surface area contributed by atoms with Crippen LogP contribution in [-0.2, 0) is 9.53 Å². The topological polar surface area (TPSA) is 103 Å². The summed E-state index contributed by atoms with van der Waals surface area (Å²) in [7, 11) is 0. The zero-order valence-corrected chi connectivity index (χ0v) is 15.3. The number of anilines is 1. The minimum absolute atomic E-state index is 0.